The van der Waals surface area contributed by atoms with Crippen molar-refractivity contribution in [1.82, 2.24) is 15.0 Å². The molecule has 0 aliphatic carbocycles. The summed E-state index contributed by atoms with van der Waals surface area (Å²) >= 11 is 0. The normalized spacial score (nSPS) is 17.7. The van der Waals surface area contributed by atoms with Gasteiger partial charge in [0.05, 0.1) is 17.7 Å². The third kappa shape index (κ3) is 6.54. The van der Waals surface area contributed by atoms with Crippen LogP contribution in [0.3, 0.4) is 0 Å². The van der Waals surface area contributed by atoms with Crippen molar-refractivity contribution in [2.45, 2.75) is 44.1 Å². The summed E-state index contributed by atoms with van der Waals surface area (Å²) in [6, 6.07) is 7.26. The van der Waals surface area contributed by atoms with Gasteiger partial charge in [-0.2, -0.15) is 31.3 Å². The summed E-state index contributed by atoms with van der Waals surface area (Å²) in [5, 5.41) is 11.5. The van der Waals surface area contributed by atoms with Gasteiger partial charge in [-0.25, -0.2) is 0 Å². The molecule has 0 spiro atoms. The van der Waals surface area contributed by atoms with E-state index < -0.39 is 41.2 Å². The van der Waals surface area contributed by atoms with E-state index in [1.165, 1.54) is 23.1 Å². The highest BCUT2D eigenvalue weighted by molar-refractivity contribution is 5.76. The molecule has 4 rings (SSSR count). The molecule has 0 saturated carbocycles. The number of halogens is 6. The van der Waals surface area contributed by atoms with Crippen molar-refractivity contribution in [3.8, 4) is 17.1 Å². The zero-order chi connectivity index (χ0) is 29.1. The van der Waals surface area contributed by atoms with Crippen LogP contribution >= 0.6 is 0 Å². The predicted molar refractivity (Wildman–Crippen MR) is 130 cm³/mol. The third-order valence-corrected chi connectivity index (χ3v) is 6.57. The number of likely N-dealkylation sites (tertiary alicyclic amines) is 1. The van der Waals surface area contributed by atoms with E-state index in [1.807, 2.05) is 0 Å². The lowest BCUT2D eigenvalue weighted by molar-refractivity contribution is -0.139. The first kappa shape index (κ1) is 28.9. The quantitative estimate of drug-likeness (QED) is 0.113. The second-order valence-corrected chi connectivity index (χ2v) is 9.28. The van der Waals surface area contributed by atoms with Crippen molar-refractivity contribution in [1.29, 1.82) is 5.41 Å². The lowest BCUT2D eigenvalue weighted by Gasteiger charge is -2.22. The molecule has 0 amide bonds. The fourth-order valence-corrected chi connectivity index (χ4v) is 4.51. The van der Waals surface area contributed by atoms with Gasteiger partial charge in [-0.1, -0.05) is 17.3 Å². The Balaban J connectivity index is 1.41. The molecule has 2 heterocycles. The molecule has 2 aromatic carbocycles. The molecule has 40 heavy (non-hydrogen) atoms. The maximum Gasteiger partial charge on any atom is 0.419 e. The van der Waals surface area contributed by atoms with E-state index in [-0.39, 0.29) is 29.8 Å². The van der Waals surface area contributed by atoms with Gasteiger partial charge in [-0.3, -0.25) is 5.41 Å². The summed E-state index contributed by atoms with van der Waals surface area (Å²) in [5.41, 5.74) is 4.47. The summed E-state index contributed by atoms with van der Waals surface area (Å²) < 4.78 is 90.2. The molecule has 1 saturated heterocycles. The Hall–Kier alpha value is -4.10. The monoisotopic (exact) mass is 569 g/mol. The Morgan fingerprint density at radius 3 is 2.45 bits per heavy atom. The van der Waals surface area contributed by atoms with Crippen LogP contribution in [0.1, 0.15) is 47.9 Å². The van der Waals surface area contributed by atoms with Crippen molar-refractivity contribution in [3.05, 3.63) is 65.0 Å². The van der Waals surface area contributed by atoms with Crippen molar-refractivity contribution in [3.63, 3.8) is 0 Å². The Morgan fingerprint density at radius 2 is 1.82 bits per heavy atom. The molecule has 1 fully saturated rings. The maximum atomic E-state index is 13.8. The Morgan fingerprint density at radius 1 is 1.10 bits per heavy atom. The van der Waals surface area contributed by atoms with E-state index in [4.69, 9.17) is 20.4 Å². The molecule has 1 aromatic heterocycles. The molecule has 214 valence electrons. The van der Waals surface area contributed by atoms with Crippen molar-refractivity contribution in [2.24, 2.45) is 11.7 Å². The number of ether oxygens (including phenoxy) is 1. The number of unbranched alkanes of at least 4 members (excludes halogenated alkanes) is 1. The van der Waals surface area contributed by atoms with Gasteiger partial charge in [-0.05, 0) is 61.6 Å². The number of carbonyl (C=O) groups excluding carboxylic acids is 1. The highest BCUT2D eigenvalue weighted by Gasteiger charge is 2.40. The van der Waals surface area contributed by atoms with E-state index in [1.54, 1.807) is 0 Å². The standard InChI is InChI=1S/C26H25F6N5O3/c27-25(28,29)18-7-4-15(5-8-18)3-1-2-12-39-20-9-6-16(13-19(20)26(30,31)32)22-35-23(40-36-22)21-17(14-38)10-11-37(21)24(33)34/h4-9,13-14,17,21H,1-3,10-12H2,(H3,33,34)/t17-,21+/m1/s1. The van der Waals surface area contributed by atoms with Crippen LogP contribution in [0.25, 0.3) is 11.4 Å². The first-order valence-corrected chi connectivity index (χ1v) is 12.3. The van der Waals surface area contributed by atoms with Crippen LogP contribution < -0.4 is 10.5 Å². The average Bonchev–Trinajstić information content (AvgIpc) is 3.55. The molecule has 0 bridgehead atoms. The van der Waals surface area contributed by atoms with E-state index in [0.717, 1.165) is 24.3 Å². The number of aromatic nitrogens is 2. The molecular formula is C26H25F6N5O3. The zero-order valence-corrected chi connectivity index (χ0v) is 20.9. The van der Waals surface area contributed by atoms with Crippen LogP contribution in [-0.4, -0.2) is 40.4 Å². The average molecular weight is 570 g/mol. The van der Waals surface area contributed by atoms with Gasteiger partial charge in [-0.15, -0.1) is 0 Å². The number of guanidine groups is 1. The van der Waals surface area contributed by atoms with Crippen molar-refractivity contribution in [2.75, 3.05) is 13.2 Å². The molecule has 8 nitrogen and oxygen atoms in total. The zero-order valence-electron chi connectivity index (χ0n) is 20.9. The number of hydrogen-bond acceptors (Lipinski definition) is 6. The number of carbonyl (C=O) groups is 1. The predicted octanol–water partition coefficient (Wildman–Crippen LogP) is 5.63. The molecule has 0 unspecified atom stereocenters. The number of nitrogens with zero attached hydrogens (tertiary/aromatic N) is 3. The summed E-state index contributed by atoms with van der Waals surface area (Å²) in [5.74, 6) is -1.44. The number of nitrogens with one attached hydrogen (secondary N) is 1. The van der Waals surface area contributed by atoms with Gasteiger partial charge >= 0.3 is 12.4 Å². The maximum absolute atomic E-state index is 13.8. The van der Waals surface area contributed by atoms with Gasteiger partial charge in [0.2, 0.25) is 5.82 Å². The second-order valence-electron chi connectivity index (χ2n) is 9.28. The molecule has 1 aliphatic rings. The van der Waals surface area contributed by atoms with Crippen LogP contribution in [0.5, 0.6) is 5.75 Å². The smallest absolute Gasteiger partial charge is 0.419 e. The van der Waals surface area contributed by atoms with Crippen LogP contribution in [-0.2, 0) is 23.6 Å². The molecule has 2 atom stereocenters. The summed E-state index contributed by atoms with van der Waals surface area (Å²) in [6.45, 7) is 0.279. The minimum Gasteiger partial charge on any atom is -0.493 e. The third-order valence-electron chi connectivity index (χ3n) is 6.57. The molecule has 3 N–H and O–H groups in total. The van der Waals surface area contributed by atoms with Gasteiger partial charge < -0.3 is 24.7 Å². The number of nitrogens with two attached hydrogens (primary N) is 1. The first-order valence-electron chi connectivity index (χ1n) is 12.3. The summed E-state index contributed by atoms with van der Waals surface area (Å²) in [6.07, 6.45) is -6.76. The topological polar surface area (TPSA) is 118 Å². The van der Waals surface area contributed by atoms with E-state index in [0.29, 0.717) is 44.1 Å². The number of benzene rings is 2. The van der Waals surface area contributed by atoms with Crippen LogP contribution in [0.2, 0.25) is 0 Å². The largest absolute Gasteiger partial charge is 0.493 e. The molecular weight excluding hydrogens is 544 g/mol. The minimum absolute atomic E-state index is 0.00648. The van der Waals surface area contributed by atoms with Crippen molar-refractivity contribution < 1.29 is 40.4 Å². The molecule has 0 radical (unpaired) electrons. The van der Waals surface area contributed by atoms with E-state index in [2.05, 4.69) is 10.1 Å². The van der Waals surface area contributed by atoms with Gasteiger partial charge in [0.15, 0.2) is 5.96 Å². The number of alkyl halides is 6. The van der Waals surface area contributed by atoms with Crippen LogP contribution in [0.15, 0.2) is 47.0 Å². The summed E-state index contributed by atoms with van der Waals surface area (Å²) in [7, 11) is 0. The number of rotatable bonds is 9. The lowest BCUT2D eigenvalue weighted by atomic mass is 10.0. The Labute approximate surface area is 224 Å². The SMILES string of the molecule is N=C(N)N1CC[C@H](C=O)[C@H]1c1nc(-c2ccc(OCCCCc3ccc(C(F)(F)F)cc3)c(C(F)(F)F)c2)no1. The minimum atomic E-state index is -4.75. The number of hydrogen-bond donors (Lipinski definition) is 2. The van der Waals surface area contributed by atoms with Gasteiger partial charge in [0.1, 0.15) is 18.1 Å². The fraction of sp³-hybridized carbons (Fsp3) is 0.385. The first-order chi connectivity index (χ1) is 18.9. The Bertz CT molecular complexity index is 1340. The highest BCUT2D eigenvalue weighted by Crippen LogP contribution is 2.40. The molecule has 14 heteroatoms. The molecule has 1 aliphatic heterocycles. The summed E-state index contributed by atoms with van der Waals surface area (Å²) in [4.78, 5) is 17.1. The Kier molecular flexibility index (Phi) is 8.35. The highest BCUT2D eigenvalue weighted by atomic mass is 19.4. The van der Waals surface area contributed by atoms with Gasteiger partial charge in [0.25, 0.3) is 5.89 Å². The van der Waals surface area contributed by atoms with Crippen molar-refractivity contribution >= 4 is 12.2 Å². The van der Waals surface area contributed by atoms with E-state index >= 15 is 0 Å². The number of aldehydes is 1. The van der Waals surface area contributed by atoms with Crippen LogP contribution in [0, 0.1) is 11.3 Å². The van der Waals surface area contributed by atoms with E-state index in [9.17, 15) is 31.1 Å². The second kappa shape index (κ2) is 11.6. The fourth-order valence-electron chi connectivity index (χ4n) is 4.51. The number of aryl methyl sites for hydroxylation is 1. The van der Waals surface area contributed by atoms with Gasteiger partial charge in [0, 0.05) is 18.0 Å². The van der Waals surface area contributed by atoms with Crippen LogP contribution in [0.4, 0.5) is 26.3 Å². The lowest BCUT2D eigenvalue weighted by Crippen LogP contribution is -2.37. The molecule has 3 aromatic rings.